The zero-order valence-corrected chi connectivity index (χ0v) is 12.2. The number of nitrogens with one attached hydrogen (secondary N) is 1. The van der Waals surface area contributed by atoms with Gasteiger partial charge in [0.05, 0.1) is 5.69 Å². The van der Waals surface area contributed by atoms with Gasteiger partial charge in [0.15, 0.2) is 5.15 Å². The number of carbonyl (C=O) groups excluding carboxylic acids is 1. The summed E-state index contributed by atoms with van der Waals surface area (Å²) in [4.78, 5) is 15.8. The van der Waals surface area contributed by atoms with E-state index in [9.17, 15) is 4.79 Å². The molecule has 0 spiro atoms. The minimum atomic E-state index is -0.0124. The van der Waals surface area contributed by atoms with Gasteiger partial charge in [0.1, 0.15) is 0 Å². The number of aromatic nitrogens is 1. The number of carbonyl (C=O) groups is 1. The smallest absolute Gasteiger partial charge is 0.224 e. The van der Waals surface area contributed by atoms with Gasteiger partial charge in [-0.2, -0.15) is 0 Å². The van der Waals surface area contributed by atoms with Gasteiger partial charge in [-0.05, 0) is 29.9 Å². The van der Waals surface area contributed by atoms with Crippen molar-refractivity contribution in [2.24, 2.45) is 11.3 Å². The SMILES string of the molecule is CC(CC(=O)Nc1cccnc1Cl)CC(C)(C)C. The summed E-state index contributed by atoms with van der Waals surface area (Å²) in [6, 6.07) is 3.50. The topological polar surface area (TPSA) is 42.0 Å². The number of pyridine rings is 1. The van der Waals surface area contributed by atoms with E-state index in [0.717, 1.165) is 6.42 Å². The molecule has 1 aromatic rings. The maximum Gasteiger partial charge on any atom is 0.224 e. The van der Waals surface area contributed by atoms with E-state index in [1.165, 1.54) is 0 Å². The van der Waals surface area contributed by atoms with Gasteiger partial charge in [-0.15, -0.1) is 0 Å². The lowest BCUT2D eigenvalue weighted by molar-refractivity contribution is -0.117. The molecule has 100 valence electrons. The zero-order valence-electron chi connectivity index (χ0n) is 11.5. The molecule has 0 bridgehead atoms. The van der Waals surface area contributed by atoms with Crippen LogP contribution in [0.15, 0.2) is 18.3 Å². The average Bonchev–Trinajstić information content (AvgIpc) is 2.18. The third-order valence-electron chi connectivity index (χ3n) is 2.53. The standard InChI is InChI=1S/C14H21ClN2O/c1-10(9-14(2,3)4)8-12(18)17-11-6-5-7-16-13(11)15/h5-7,10H,8-9H2,1-4H3,(H,17,18). The Balaban J connectivity index is 2.50. The Kier molecular flexibility index (Phi) is 5.15. The second-order valence-corrected chi connectivity index (χ2v) is 6.32. The number of halogens is 1. The fourth-order valence-electron chi connectivity index (χ4n) is 2.11. The van der Waals surface area contributed by atoms with Crippen molar-refractivity contribution in [2.75, 3.05) is 5.32 Å². The first-order valence-corrected chi connectivity index (χ1v) is 6.56. The highest BCUT2D eigenvalue weighted by molar-refractivity contribution is 6.32. The van der Waals surface area contributed by atoms with Gasteiger partial charge >= 0.3 is 0 Å². The van der Waals surface area contributed by atoms with Crippen molar-refractivity contribution < 1.29 is 4.79 Å². The monoisotopic (exact) mass is 268 g/mol. The normalized spacial score (nSPS) is 13.2. The molecule has 3 nitrogen and oxygen atoms in total. The number of anilines is 1. The van der Waals surface area contributed by atoms with Crippen molar-refractivity contribution in [3.8, 4) is 0 Å². The molecule has 0 aliphatic rings. The molecule has 0 aromatic carbocycles. The molecule has 1 heterocycles. The van der Waals surface area contributed by atoms with Crippen molar-refractivity contribution in [1.82, 2.24) is 4.98 Å². The van der Waals surface area contributed by atoms with Gasteiger partial charge in [-0.1, -0.05) is 39.3 Å². The molecule has 1 N–H and O–H groups in total. The van der Waals surface area contributed by atoms with Gasteiger partial charge in [-0.25, -0.2) is 4.98 Å². The van der Waals surface area contributed by atoms with Crippen molar-refractivity contribution >= 4 is 23.2 Å². The van der Waals surface area contributed by atoms with Crippen LogP contribution in [0.1, 0.15) is 40.5 Å². The second-order valence-electron chi connectivity index (χ2n) is 5.96. The van der Waals surface area contributed by atoms with Crippen molar-refractivity contribution in [3.05, 3.63) is 23.5 Å². The Morgan fingerprint density at radius 1 is 1.50 bits per heavy atom. The summed E-state index contributed by atoms with van der Waals surface area (Å²) in [6.45, 7) is 8.63. The molecule has 1 unspecified atom stereocenters. The Morgan fingerprint density at radius 2 is 2.17 bits per heavy atom. The van der Waals surface area contributed by atoms with Gasteiger partial charge in [0, 0.05) is 12.6 Å². The van der Waals surface area contributed by atoms with Crippen LogP contribution in [0, 0.1) is 11.3 Å². The first-order chi connectivity index (χ1) is 8.28. The number of rotatable bonds is 4. The van der Waals surface area contributed by atoms with Crippen LogP contribution in [-0.4, -0.2) is 10.9 Å². The lowest BCUT2D eigenvalue weighted by Crippen LogP contribution is -2.19. The van der Waals surface area contributed by atoms with Crippen LogP contribution in [0.5, 0.6) is 0 Å². The van der Waals surface area contributed by atoms with E-state index in [0.29, 0.717) is 23.2 Å². The third kappa shape index (κ3) is 5.50. The summed E-state index contributed by atoms with van der Waals surface area (Å²) in [7, 11) is 0. The minimum Gasteiger partial charge on any atom is -0.323 e. The molecule has 18 heavy (non-hydrogen) atoms. The molecule has 0 fully saturated rings. The van der Waals surface area contributed by atoms with Crippen molar-refractivity contribution in [1.29, 1.82) is 0 Å². The fraction of sp³-hybridized carbons (Fsp3) is 0.571. The minimum absolute atomic E-state index is 0.0124. The Hall–Kier alpha value is -1.09. The van der Waals surface area contributed by atoms with Crippen LogP contribution in [0.4, 0.5) is 5.69 Å². The lowest BCUT2D eigenvalue weighted by Gasteiger charge is -2.22. The first-order valence-electron chi connectivity index (χ1n) is 6.18. The zero-order chi connectivity index (χ0) is 13.8. The molecular formula is C14H21ClN2O. The van der Waals surface area contributed by atoms with Crippen LogP contribution in [0.2, 0.25) is 5.15 Å². The molecule has 0 radical (unpaired) electrons. The molecule has 1 amide bonds. The van der Waals surface area contributed by atoms with Crippen LogP contribution < -0.4 is 5.32 Å². The fourth-order valence-corrected chi connectivity index (χ4v) is 2.28. The van der Waals surface area contributed by atoms with Crippen molar-refractivity contribution in [2.45, 2.75) is 40.5 Å². The largest absolute Gasteiger partial charge is 0.323 e. The predicted octanol–water partition coefficient (Wildman–Crippen LogP) is 4.14. The maximum absolute atomic E-state index is 11.9. The van der Waals surface area contributed by atoms with E-state index in [-0.39, 0.29) is 11.3 Å². The Bertz CT molecular complexity index is 413. The van der Waals surface area contributed by atoms with E-state index >= 15 is 0 Å². The number of hydrogen-bond donors (Lipinski definition) is 1. The summed E-state index contributed by atoms with van der Waals surface area (Å²) in [5, 5.41) is 3.12. The molecule has 1 atom stereocenters. The third-order valence-corrected chi connectivity index (χ3v) is 2.83. The van der Waals surface area contributed by atoms with E-state index in [4.69, 9.17) is 11.6 Å². The molecule has 0 saturated heterocycles. The summed E-state index contributed by atoms with van der Waals surface area (Å²) in [5.41, 5.74) is 0.818. The lowest BCUT2D eigenvalue weighted by atomic mass is 9.84. The van der Waals surface area contributed by atoms with Crippen LogP contribution in [0.3, 0.4) is 0 Å². The van der Waals surface area contributed by atoms with Crippen LogP contribution >= 0.6 is 11.6 Å². The van der Waals surface area contributed by atoms with E-state index in [1.54, 1.807) is 18.3 Å². The molecule has 0 aliphatic carbocycles. The Morgan fingerprint density at radius 3 is 2.72 bits per heavy atom. The summed E-state index contributed by atoms with van der Waals surface area (Å²) in [6.07, 6.45) is 3.11. The molecule has 4 heteroatoms. The summed E-state index contributed by atoms with van der Waals surface area (Å²) < 4.78 is 0. The molecule has 0 saturated carbocycles. The molecule has 1 rings (SSSR count). The number of nitrogens with zero attached hydrogens (tertiary/aromatic N) is 1. The van der Waals surface area contributed by atoms with Gasteiger partial charge < -0.3 is 5.32 Å². The highest BCUT2D eigenvalue weighted by Gasteiger charge is 2.18. The second kappa shape index (κ2) is 6.19. The molecule has 0 aliphatic heterocycles. The van der Waals surface area contributed by atoms with Crippen LogP contribution in [0.25, 0.3) is 0 Å². The average molecular weight is 269 g/mol. The van der Waals surface area contributed by atoms with Gasteiger partial charge in [-0.3, -0.25) is 4.79 Å². The number of amides is 1. The maximum atomic E-state index is 11.9. The van der Waals surface area contributed by atoms with E-state index in [1.807, 2.05) is 0 Å². The van der Waals surface area contributed by atoms with Gasteiger partial charge in [0.2, 0.25) is 5.91 Å². The van der Waals surface area contributed by atoms with Crippen molar-refractivity contribution in [3.63, 3.8) is 0 Å². The first kappa shape index (κ1) is 15.0. The van der Waals surface area contributed by atoms with Crippen LogP contribution in [-0.2, 0) is 4.79 Å². The molecule has 1 aromatic heterocycles. The van der Waals surface area contributed by atoms with E-state index in [2.05, 4.69) is 38.0 Å². The van der Waals surface area contributed by atoms with E-state index < -0.39 is 0 Å². The Labute approximate surface area is 114 Å². The predicted molar refractivity (Wildman–Crippen MR) is 75.7 cm³/mol. The van der Waals surface area contributed by atoms with Gasteiger partial charge in [0.25, 0.3) is 0 Å². The highest BCUT2D eigenvalue weighted by Crippen LogP contribution is 2.26. The highest BCUT2D eigenvalue weighted by atomic mass is 35.5. The molecular weight excluding hydrogens is 248 g/mol. The summed E-state index contributed by atoms with van der Waals surface area (Å²) in [5.74, 6) is 0.335. The number of hydrogen-bond acceptors (Lipinski definition) is 2. The summed E-state index contributed by atoms with van der Waals surface area (Å²) >= 11 is 5.89. The quantitative estimate of drug-likeness (QED) is 0.834.